The van der Waals surface area contributed by atoms with E-state index in [9.17, 15) is 0 Å². The molecule has 0 amide bonds. The van der Waals surface area contributed by atoms with Crippen LogP contribution in [-0.4, -0.2) is 13.7 Å². The first-order valence-electron chi connectivity index (χ1n) is 7.31. The molecule has 1 heterocycles. The van der Waals surface area contributed by atoms with Crippen LogP contribution in [0.4, 0.5) is 0 Å². The Morgan fingerprint density at radius 3 is 2.60 bits per heavy atom. The lowest BCUT2D eigenvalue weighted by atomic mass is 9.88. The largest absolute Gasteiger partial charge is 0.493 e. The summed E-state index contributed by atoms with van der Waals surface area (Å²) in [6.07, 6.45) is 1.08. The van der Waals surface area contributed by atoms with Crippen LogP contribution in [0.15, 0.2) is 48.5 Å². The van der Waals surface area contributed by atoms with E-state index in [0.717, 1.165) is 18.8 Å². The van der Waals surface area contributed by atoms with Crippen LogP contribution < -0.4 is 10.1 Å². The lowest BCUT2D eigenvalue weighted by Gasteiger charge is -2.23. The molecule has 0 saturated heterocycles. The maximum atomic E-state index is 5.82. The number of ether oxygens (including phenoxy) is 1. The van der Waals surface area contributed by atoms with E-state index in [1.165, 1.54) is 16.7 Å². The quantitative estimate of drug-likeness (QED) is 0.912. The van der Waals surface area contributed by atoms with E-state index in [4.69, 9.17) is 4.74 Å². The lowest BCUT2D eigenvalue weighted by molar-refractivity contribution is 0.304. The summed E-state index contributed by atoms with van der Waals surface area (Å²) in [5.74, 6) is 1.41. The van der Waals surface area contributed by atoms with Gasteiger partial charge in [-0.2, -0.15) is 0 Å². The van der Waals surface area contributed by atoms with Crippen molar-refractivity contribution in [3.05, 3.63) is 65.2 Å². The van der Waals surface area contributed by atoms with Crippen LogP contribution in [-0.2, 0) is 6.42 Å². The Morgan fingerprint density at radius 2 is 1.90 bits per heavy atom. The number of rotatable bonds is 4. The molecule has 0 spiro atoms. The molecule has 0 saturated carbocycles. The molecule has 2 aromatic rings. The van der Waals surface area contributed by atoms with Gasteiger partial charge in [-0.05, 0) is 30.7 Å². The molecule has 1 aliphatic heterocycles. The van der Waals surface area contributed by atoms with E-state index in [1.807, 2.05) is 13.1 Å². The summed E-state index contributed by atoms with van der Waals surface area (Å²) in [7, 11) is 2.03. The molecule has 1 N–H and O–H groups in total. The van der Waals surface area contributed by atoms with Crippen LogP contribution >= 0.6 is 0 Å². The molecule has 0 bridgehead atoms. The summed E-state index contributed by atoms with van der Waals surface area (Å²) < 4.78 is 5.82. The SMILES string of the molecule is CCc1ccc(C(NC)C2COc3ccccc32)cc1. The van der Waals surface area contributed by atoms with Crippen molar-refractivity contribution in [2.45, 2.75) is 25.3 Å². The molecule has 2 unspecified atom stereocenters. The van der Waals surface area contributed by atoms with Gasteiger partial charge in [0, 0.05) is 17.5 Å². The highest BCUT2D eigenvalue weighted by Crippen LogP contribution is 2.40. The zero-order valence-electron chi connectivity index (χ0n) is 12.1. The summed E-state index contributed by atoms with van der Waals surface area (Å²) >= 11 is 0. The maximum Gasteiger partial charge on any atom is 0.122 e. The highest BCUT2D eigenvalue weighted by atomic mass is 16.5. The molecule has 1 aliphatic rings. The van der Waals surface area contributed by atoms with Crippen molar-refractivity contribution in [1.29, 1.82) is 0 Å². The standard InChI is InChI=1S/C18H21NO/c1-3-13-8-10-14(11-9-13)18(19-2)16-12-20-17-7-5-4-6-15(16)17/h4-11,16,18-19H,3,12H2,1-2H3. The van der Waals surface area contributed by atoms with E-state index in [-0.39, 0.29) is 0 Å². The molecule has 0 aromatic heterocycles. The molecule has 2 atom stereocenters. The van der Waals surface area contributed by atoms with Gasteiger partial charge in [0.15, 0.2) is 0 Å². The number of benzene rings is 2. The van der Waals surface area contributed by atoms with Crippen molar-refractivity contribution in [1.82, 2.24) is 5.32 Å². The summed E-state index contributed by atoms with van der Waals surface area (Å²) in [4.78, 5) is 0. The zero-order valence-corrected chi connectivity index (χ0v) is 12.1. The molecule has 0 radical (unpaired) electrons. The van der Waals surface area contributed by atoms with Gasteiger partial charge in [0.1, 0.15) is 5.75 Å². The molecule has 20 heavy (non-hydrogen) atoms. The van der Waals surface area contributed by atoms with Gasteiger partial charge >= 0.3 is 0 Å². The highest BCUT2D eigenvalue weighted by molar-refractivity contribution is 5.42. The van der Waals surface area contributed by atoms with Crippen molar-refractivity contribution in [2.75, 3.05) is 13.7 Å². The number of hydrogen-bond donors (Lipinski definition) is 1. The summed E-state index contributed by atoms with van der Waals surface area (Å²) in [6, 6.07) is 17.6. The Hall–Kier alpha value is -1.80. The molecule has 104 valence electrons. The minimum absolute atomic E-state index is 0.296. The number of hydrogen-bond acceptors (Lipinski definition) is 2. The van der Waals surface area contributed by atoms with Gasteiger partial charge in [0.25, 0.3) is 0 Å². The van der Waals surface area contributed by atoms with Crippen molar-refractivity contribution in [2.24, 2.45) is 0 Å². The molecular formula is C18H21NO. The van der Waals surface area contributed by atoms with Gasteiger partial charge in [-0.3, -0.25) is 0 Å². The van der Waals surface area contributed by atoms with Gasteiger partial charge < -0.3 is 10.1 Å². The maximum absolute atomic E-state index is 5.82. The first-order valence-corrected chi connectivity index (χ1v) is 7.31. The van der Waals surface area contributed by atoms with Crippen molar-refractivity contribution >= 4 is 0 Å². The van der Waals surface area contributed by atoms with Crippen molar-refractivity contribution in [3.8, 4) is 5.75 Å². The van der Waals surface area contributed by atoms with E-state index < -0.39 is 0 Å². The van der Waals surface area contributed by atoms with E-state index >= 15 is 0 Å². The highest BCUT2D eigenvalue weighted by Gasteiger charge is 2.31. The van der Waals surface area contributed by atoms with Crippen LogP contribution in [0.2, 0.25) is 0 Å². The Kier molecular flexibility index (Phi) is 3.75. The molecule has 3 rings (SSSR count). The molecule has 0 fully saturated rings. The zero-order chi connectivity index (χ0) is 13.9. The number of fused-ring (bicyclic) bond motifs is 1. The van der Waals surface area contributed by atoms with Gasteiger partial charge in [0.05, 0.1) is 6.61 Å². The predicted molar refractivity (Wildman–Crippen MR) is 82.3 cm³/mol. The van der Waals surface area contributed by atoms with Crippen LogP contribution in [0.5, 0.6) is 5.75 Å². The Labute approximate surface area is 120 Å². The smallest absolute Gasteiger partial charge is 0.122 e. The van der Waals surface area contributed by atoms with E-state index in [1.54, 1.807) is 0 Å². The van der Waals surface area contributed by atoms with E-state index in [2.05, 4.69) is 54.7 Å². The van der Waals surface area contributed by atoms with Crippen LogP contribution in [0.3, 0.4) is 0 Å². The van der Waals surface area contributed by atoms with Crippen molar-refractivity contribution < 1.29 is 4.74 Å². The normalized spacial score (nSPS) is 18.4. The average Bonchev–Trinajstić information content (AvgIpc) is 2.93. The number of nitrogens with one attached hydrogen (secondary N) is 1. The molecule has 2 heteroatoms. The Morgan fingerprint density at radius 1 is 1.15 bits per heavy atom. The number of aryl methyl sites for hydroxylation is 1. The molecule has 2 nitrogen and oxygen atoms in total. The second kappa shape index (κ2) is 5.68. The van der Waals surface area contributed by atoms with Gasteiger partial charge in [-0.25, -0.2) is 0 Å². The third kappa shape index (κ3) is 2.32. The van der Waals surface area contributed by atoms with Gasteiger partial charge in [-0.15, -0.1) is 0 Å². The minimum atomic E-state index is 0.296. The minimum Gasteiger partial charge on any atom is -0.493 e. The molecular weight excluding hydrogens is 246 g/mol. The monoisotopic (exact) mass is 267 g/mol. The topological polar surface area (TPSA) is 21.3 Å². The number of likely N-dealkylation sites (N-methyl/N-ethyl adjacent to an activating group) is 1. The number of para-hydroxylation sites is 1. The molecule has 0 aliphatic carbocycles. The molecule has 2 aromatic carbocycles. The third-order valence-electron chi connectivity index (χ3n) is 4.20. The van der Waals surface area contributed by atoms with Crippen LogP contribution in [0.25, 0.3) is 0 Å². The first-order chi connectivity index (χ1) is 9.83. The second-order valence-electron chi connectivity index (χ2n) is 5.32. The summed E-state index contributed by atoms with van der Waals surface area (Å²) in [5, 5.41) is 3.46. The van der Waals surface area contributed by atoms with Crippen LogP contribution in [0.1, 0.15) is 35.6 Å². The second-order valence-corrected chi connectivity index (χ2v) is 5.32. The fourth-order valence-electron chi connectivity index (χ4n) is 3.02. The fraction of sp³-hybridized carbons (Fsp3) is 0.333. The Bertz CT molecular complexity index is 576. The third-order valence-corrected chi connectivity index (χ3v) is 4.20. The van der Waals surface area contributed by atoms with E-state index in [0.29, 0.717) is 12.0 Å². The first kappa shape index (κ1) is 13.2. The Balaban J connectivity index is 1.90. The van der Waals surface area contributed by atoms with Crippen molar-refractivity contribution in [3.63, 3.8) is 0 Å². The lowest BCUT2D eigenvalue weighted by Crippen LogP contribution is -2.24. The summed E-state index contributed by atoms with van der Waals surface area (Å²) in [5.41, 5.74) is 4.02. The average molecular weight is 267 g/mol. The van der Waals surface area contributed by atoms with Crippen LogP contribution in [0, 0.1) is 0 Å². The predicted octanol–water partition coefficient (Wildman–Crippen LogP) is 3.69. The summed E-state index contributed by atoms with van der Waals surface area (Å²) in [6.45, 7) is 2.94. The van der Waals surface area contributed by atoms with Gasteiger partial charge in [0.2, 0.25) is 0 Å². The fourth-order valence-corrected chi connectivity index (χ4v) is 3.02. The van der Waals surface area contributed by atoms with Gasteiger partial charge in [-0.1, -0.05) is 49.4 Å².